The van der Waals surface area contributed by atoms with Crippen LogP contribution < -0.4 is 5.32 Å². The third kappa shape index (κ3) is 3.70. The van der Waals surface area contributed by atoms with E-state index < -0.39 is 0 Å². The Balaban J connectivity index is 2.18. The van der Waals surface area contributed by atoms with E-state index in [1.165, 1.54) is 0 Å². The van der Waals surface area contributed by atoms with Crippen molar-refractivity contribution in [2.45, 2.75) is 24.9 Å². The first-order valence-electron chi connectivity index (χ1n) is 8.52. The smallest absolute Gasteiger partial charge is 0.226 e. The molecule has 1 aromatic carbocycles. The lowest BCUT2D eigenvalue weighted by Crippen LogP contribution is -2.07. The fraction of sp³-hybridized carbons (Fsp3) is 0.263. The molecule has 0 saturated heterocycles. The van der Waals surface area contributed by atoms with E-state index in [2.05, 4.69) is 39.8 Å². The molecule has 0 spiro atoms. The van der Waals surface area contributed by atoms with Crippen LogP contribution in [0.2, 0.25) is 0 Å². The lowest BCUT2D eigenvalue weighted by molar-refractivity contribution is 0.826. The van der Waals surface area contributed by atoms with Gasteiger partial charge in [0.15, 0.2) is 16.5 Å². The van der Waals surface area contributed by atoms with Gasteiger partial charge >= 0.3 is 0 Å². The second-order valence-corrected chi connectivity index (χ2v) is 6.61. The molecule has 7 heteroatoms. The number of nitrogens with zero attached hydrogens (tertiary/aromatic N) is 5. The lowest BCUT2D eigenvalue weighted by Gasteiger charge is -2.09. The molecule has 0 unspecified atom stereocenters. The van der Waals surface area contributed by atoms with Crippen LogP contribution in [0.3, 0.4) is 0 Å². The maximum atomic E-state index is 9.54. The van der Waals surface area contributed by atoms with Crippen LogP contribution in [0.25, 0.3) is 16.9 Å². The van der Waals surface area contributed by atoms with Gasteiger partial charge in [-0.15, -0.1) is 6.58 Å². The van der Waals surface area contributed by atoms with Crippen molar-refractivity contribution in [2.75, 3.05) is 17.6 Å². The molecule has 2 heterocycles. The average molecular weight is 364 g/mol. The maximum Gasteiger partial charge on any atom is 0.226 e. The minimum atomic E-state index is 0.282. The number of rotatable bonds is 8. The van der Waals surface area contributed by atoms with Crippen LogP contribution >= 0.6 is 11.8 Å². The largest absolute Gasteiger partial charge is 0.354 e. The van der Waals surface area contributed by atoms with Crippen LogP contribution in [0.5, 0.6) is 0 Å². The predicted molar refractivity (Wildman–Crippen MR) is 106 cm³/mol. The van der Waals surface area contributed by atoms with Crippen LogP contribution in [0, 0.1) is 11.3 Å². The third-order valence-electron chi connectivity index (χ3n) is 3.74. The molecule has 0 fully saturated rings. The number of benzene rings is 1. The van der Waals surface area contributed by atoms with E-state index in [1.54, 1.807) is 11.8 Å². The van der Waals surface area contributed by atoms with Crippen molar-refractivity contribution in [2.24, 2.45) is 0 Å². The summed E-state index contributed by atoms with van der Waals surface area (Å²) in [7, 11) is 0. The normalized spacial score (nSPS) is 10.6. The van der Waals surface area contributed by atoms with Gasteiger partial charge in [0, 0.05) is 18.0 Å². The van der Waals surface area contributed by atoms with E-state index in [4.69, 9.17) is 0 Å². The Bertz CT molecular complexity index is 942. The fourth-order valence-corrected chi connectivity index (χ4v) is 3.26. The second-order valence-electron chi connectivity index (χ2n) is 5.63. The number of thioether (sulfide) groups is 1. The summed E-state index contributed by atoms with van der Waals surface area (Å²) >= 11 is 1.55. The van der Waals surface area contributed by atoms with Gasteiger partial charge in [0.05, 0.1) is 0 Å². The van der Waals surface area contributed by atoms with Gasteiger partial charge in [-0.25, -0.2) is 4.98 Å². The fourth-order valence-electron chi connectivity index (χ4n) is 2.51. The summed E-state index contributed by atoms with van der Waals surface area (Å²) in [5.41, 5.74) is 2.38. The SMILES string of the molecule is C=CCSc1nc2c(C#N)nc(NCCCC)nc2n1-c1ccccc1. The molecule has 6 nitrogen and oxygen atoms in total. The lowest BCUT2D eigenvalue weighted by atomic mass is 10.3. The Morgan fingerprint density at radius 2 is 2.08 bits per heavy atom. The molecule has 0 atom stereocenters. The van der Waals surface area contributed by atoms with E-state index in [0.29, 0.717) is 22.9 Å². The summed E-state index contributed by atoms with van der Waals surface area (Å²) in [6, 6.07) is 12.0. The van der Waals surface area contributed by atoms with Crippen LogP contribution in [0.1, 0.15) is 25.5 Å². The summed E-state index contributed by atoms with van der Waals surface area (Å²) in [4.78, 5) is 13.6. The highest BCUT2D eigenvalue weighted by Crippen LogP contribution is 2.28. The number of hydrogen-bond acceptors (Lipinski definition) is 6. The van der Waals surface area contributed by atoms with Gasteiger partial charge in [0.1, 0.15) is 11.6 Å². The van der Waals surface area contributed by atoms with Gasteiger partial charge in [0.2, 0.25) is 5.95 Å². The zero-order chi connectivity index (χ0) is 18.4. The van der Waals surface area contributed by atoms with Gasteiger partial charge in [-0.1, -0.05) is 49.4 Å². The van der Waals surface area contributed by atoms with Crippen molar-refractivity contribution in [3.63, 3.8) is 0 Å². The predicted octanol–water partition coefficient (Wildman–Crippen LogP) is 4.18. The molecule has 0 aliphatic heterocycles. The Hall–Kier alpha value is -2.85. The highest BCUT2D eigenvalue weighted by molar-refractivity contribution is 7.99. The molecule has 0 aliphatic rings. The number of nitrogens with one attached hydrogen (secondary N) is 1. The summed E-state index contributed by atoms with van der Waals surface area (Å²) in [5.74, 6) is 1.17. The van der Waals surface area contributed by atoms with Gasteiger partial charge < -0.3 is 5.32 Å². The number of para-hydroxylation sites is 1. The first kappa shape index (κ1) is 18.0. The molecule has 0 radical (unpaired) electrons. The van der Waals surface area contributed by atoms with Crippen molar-refractivity contribution in [3.05, 3.63) is 48.7 Å². The number of imidazole rings is 1. The van der Waals surface area contributed by atoms with Crippen LogP contribution in [-0.4, -0.2) is 31.8 Å². The molecule has 132 valence electrons. The third-order valence-corrected chi connectivity index (χ3v) is 4.67. The first-order chi connectivity index (χ1) is 12.8. The number of hydrogen-bond donors (Lipinski definition) is 1. The van der Waals surface area contributed by atoms with Crippen LogP contribution in [-0.2, 0) is 0 Å². The number of unbranched alkanes of at least 4 members (excludes halogenated alkanes) is 1. The summed E-state index contributed by atoms with van der Waals surface area (Å²) in [5, 5.41) is 13.5. The van der Waals surface area contributed by atoms with Crippen LogP contribution in [0.15, 0.2) is 48.1 Å². The zero-order valence-electron chi connectivity index (χ0n) is 14.6. The number of fused-ring (bicyclic) bond motifs is 1. The molecule has 1 N–H and O–H groups in total. The quantitative estimate of drug-likeness (QED) is 0.367. The molecule has 26 heavy (non-hydrogen) atoms. The van der Waals surface area contributed by atoms with Gasteiger partial charge in [0.25, 0.3) is 0 Å². The zero-order valence-corrected chi connectivity index (χ0v) is 15.5. The molecule has 0 aliphatic carbocycles. The Labute approximate surface area is 157 Å². The van der Waals surface area contributed by atoms with E-state index in [0.717, 1.165) is 30.2 Å². The minimum Gasteiger partial charge on any atom is -0.354 e. The van der Waals surface area contributed by atoms with Crippen molar-refractivity contribution < 1.29 is 0 Å². The molecule has 0 amide bonds. The van der Waals surface area contributed by atoms with Crippen molar-refractivity contribution in [1.82, 2.24) is 19.5 Å². The summed E-state index contributed by atoms with van der Waals surface area (Å²) in [6.45, 7) is 6.67. The maximum absolute atomic E-state index is 9.54. The second kappa shape index (κ2) is 8.50. The Morgan fingerprint density at radius 3 is 2.77 bits per heavy atom. The Morgan fingerprint density at radius 1 is 1.27 bits per heavy atom. The Kier molecular flexibility index (Phi) is 5.87. The molecule has 2 aromatic heterocycles. The number of aromatic nitrogens is 4. The van der Waals surface area contributed by atoms with E-state index in [1.807, 2.05) is 41.0 Å². The van der Waals surface area contributed by atoms with Crippen molar-refractivity contribution >= 4 is 28.9 Å². The minimum absolute atomic E-state index is 0.282. The van der Waals surface area contributed by atoms with Crippen LogP contribution in [0.4, 0.5) is 5.95 Å². The molecule has 0 saturated carbocycles. The highest BCUT2D eigenvalue weighted by atomic mass is 32.2. The van der Waals surface area contributed by atoms with Crippen molar-refractivity contribution in [1.29, 1.82) is 5.26 Å². The van der Waals surface area contributed by atoms with E-state index >= 15 is 0 Å². The van der Waals surface area contributed by atoms with Gasteiger partial charge in [-0.05, 0) is 18.6 Å². The highest BCUT2D eigenvalue weighted by Gasteiger charge is 2.19. The monoisotopic (exact) mass is 364 g/mol. The molecular formula is C19H20N6S. The van der Waals surface area contributed by atoms with Gasteiger partial charge in [-0.2, -0.15) is 15.2 Å². The topological polar surface area (TPSA) is 79.4 Å². The van der Waals surface area contributed by atoms with E-state index in [-0.39, 0.29) is 5.69 Å². The van der Waals surface area contributed by atoms with Gasteiger partial charge in [-0.3, -0.25) is 4.57 Å². The molecule has 3 aromatic rings. The molecule has 0 bridgehead atoms. The molecular weight excluding hydrogens is 344 g/mol. The standard InChI is InChI=1S/C19H20N6S/c1-3-5-11-21-18-22-15(13-20)16-17(24-18)25(14-9-7-6-8-10-14)19(23-16)26-12-4-2/h4,6-10H,2-3,5,11-12H2,1H3,(H,21,22,24). The summed E-state index contributed by atoms with van der Waals surface area (Å²) < 4.78 is 1.97. The number of nitriles is 1. The number of anilines is 1. The van der Waals surface area contributed by atoms with E-state index in [9.17, 15) is 5.26 Å². The average Bonchev–Trinajstić information content (AvgIpc) is 3.05. The first-order valence-corrected chi connectivity index (χ1v) is 9.50. The molecule has 3 rings (SSSR count). The van der Waals surface area contributed by atoms with Crippen molar-refractivity contribution in [3.8, 4) is 11.8 Å². The summed E-state index contributed by atoms with van der Waals surface area (Å²) in [6.07, 6.45) is 3.92.